The van der Waals surface area contributed by atoms with Crippen LogP contribution in [0.1, 0.15) is 17.2 Å². The number of aromatic nitrogens is 1. The molecule has 0 N–H and O–H groups in total. The fourth-order valence-electron chi connectivity index (χ4n) is 2.41. The van der Waals surface area contributed by atoms with Crippen molar-refractivity contribution in [1.82, 2.24) is 9.88 Å². The molecule has 0 saturated carbocycles. The molecule has 1 aliphatic rings. The van der Waals surface area contributed by atoms with Crippen LogP contribution in [0.3, 0.4) is 0 Å². The van der Waals surface area contributed by atoms with E-state index in [2.05, 4.69) is 35.3 Å². The largest absolute Gasteiger partial charge is 0.332 e. The second-order valence-corrected chi connectivity index (χ2v) is 4.89. The van der Waals surface area contributed by atoms with Crippen molar-refractivity contribution in [3.63, 3.8) is 0 Å². The molecule has 2 aromatic rings. The van der Waals surface area contributed by atoms with Crippen molar-refractivity contribution in [3.8, 4) is 18.2 Å². The average molecular weight is 274 g/mol. The van der Waals surface area contributed by atoms with Crippen molar-refractivity contribution in [1.29, 1.82) is 5.26 Å². The summed E-state index contributed by atoms with van der Waals surface area (Å²) in [6.45, 7) is 0.762. The van der Waals surface area contributed by atoms with E-state index in [1.807, 2.05) is 35.0 Å². The lowest BCUT2D eigenvalue weighted by Crippen LogP contribution is -2.37. The van der Waals surface area contributed by atoms with Gasteiger partial charge in [-0.2, -0.15) is 5.26 Å². The minimum atomic E-state index is 0.0550. The number of pyridine rings is 1. The van der Waals surface area contributed by atoms with Crippen LogP contribution in [0.4, 0.5) is 5.82 Å². The number of hydrogen-bond donors (Lipinski definition) is 0. The normalized spacial score (nSPS) is 16.9. The maximum Gasteiger partial charge on any atom is 0.158 e. The Kier molecular flexibility index (Phi) is 3.45. The molecule has 102 valence electrons. The summed E-state index contributed by atoms with van der Waals surface area (Å²) >= 11 is 0. The van der Waals surface area contributed by atoms with E-state index in [0.717, 1.165) is 12.1 Å². The van der Waals surface area contributed by atoms with E-state index in [1.54, 1.807) is 18.3 Å². The third kappa shape index (κ3) is 2.52. The van der Waals surface area contributed by atoms with E-state index in [-0.39, 0.29) is 6.04 Å². The van der Waals surface area contributed by atoms with Gasteiger partial charge >= 0.3 is 0 Å². The lowest BCUT2D eigenvalue weighted by atomic mass is 10.0. The maximum atomic E-state index is 9.28. The number of benzene rings is 1. The van der Waals surface area contributed by atoms with Gasteiger partial charge in [0, 0.05) is 25.3 Å². The first-order valence-corrected chi connectivity index (χ1v) is 6.71. The van der Waals surface area contributed by atoms with Crippen LogP contribution in [-0.2, 0) is 0 Å². The van der Waals surface area contributed by atoms with Crippen LogP contribution >= 0.6 is 0 Å². The Morgan fingerprint density at radius 2 is 2.00 bits per heavy atom. The summed E-state index contributed by atoms with van der Waals surface area (Å²) in [5.74, 6) is 0.620. The van der Waals surface area contributed by atoms with Crippen molar-refractivity contribution in [3.05, 3.63) is 59.8 Å². The third-order valence-electron chi connectivity index (χ3n) is 3.44. The van der Waals surface area contributed by atoms with Gasteiger partial charge in [-0.3, -0.25) is 4.90 Å². The van der Waals surface area contributed by atoms with Gasteiger partial charge in [-0.15, -0.1) is 0 Å². The minimum absolute atomic E-state index is 0.0550. The Bertz CT molecular complexity index is 737. The summed E-state index contributed by atoms with van der Waals surface area (Å²) in [6, 6.07) is 22.1. The van der Waals surface area contributed by atoms with Gasteiger partial charge in [0.1, 0.15) is 6.07 Å². The van der Waals surface area contributed by atoms with Gasteiger partial charge in [-0.05, 0) is 17.7 Å². The first-order chi connectivity index (χ1) is 10.3. The smallest absolute Gasteiger partial charge is 0.158 e. The van der Waals surface area contributed by atoms with Crippen molar-refractivity contribution in [2.24, 2.45) is 0 Å². The molecular formula is C17H14N4. The van der Waals surface area contributed by atoms with Crippen molar-refractivity contribution < 1.29 is 0 Å². The van der Waals surface area contributed by atoms with Crippen LogP contribution in [0.25, 0.3) is 0 Å². The van der Waals surface area contributed by atoms with Crippen LogP contribution in [-0.4, -0.2) is 23.5 Å². The maximum absolute atomic E-state index is 9.28. The van der Waals surface area contributed by atoms with Crippen molar-refractivity contribution in [2.45, 2.75) is 6.04 Å². The van der Waals surface area contributed by atoms with Gasteiger partial charge in [0.2, 0.25) is 0 Å². The zero-order chi connectivity index (χ0) is 14.7. The van der Waals surface area contributed by atoms with Gasteiger partial charge in [0.25, 0.3) is 0 Å². The molecule has 0 radical (unpaired) electrons. The molecule has 1 atom stereocenters. The van der Waals surface area contributed by atoms with E-state index >= 15 is 0 Å². The second-order valence-electron chi connectivity index (χ2n) is 4.89. The number of rotatable bonds is 2. The van der Waals surface area contributed by atoms with Crippen molar-refractivity contribution >= 4 is 5.82 Å². The zero-order valence-corrected chi connectivity index (χ0v) is 11.7. The molecular weight excluding hydrogens is 260 g/mol. The van der Waals surface area contributed by atoms with E-state index in [9.17, 15) is 5.26 Å². The molecule has 0 aliphatic carbocycles. The number of nitriles is 1. The summed E-state index contributed by atoms with van der Waals surface area (Å²) in [7, 11) is 1.96. The molecule has 0 saturated heterocycles. The first kappa shape index (κ1) is 13.0. The summed E-state index contributed by atoms with van der Waals surface area (Å²) < 4.78 is 0. The van der Waals surface area contributed by atoms with Gasteiger partial charge in [0.15, 0.2) is 5.82 Å². The molecule has 0 amide bonds. The van der Waals surface area contributed by atoms with Gasteiger partial charge in [-0.1, -0.05) is 30.3 Å². The Hall–Kier alpha value is -2.98. The van der Waals surface area contributed by atoms with Crippen molar-refractivity contribution in [2.75, 3.05) is 18.5 Å². The van der Waals surface area contributed by atoms with Crippen LogP contribution in [0.5, 0.6) is 0 Å². The second kappa shape index (κ2) is 5.56. The fourth-order valence-corrected chi connectivity index (χ4v) is 2.41. The van der Waals surface area contributed by atoms with E-state index < -0.39 is 0 Å². The predicted octanol–water partition coefficient (Wildman–Crippen LogP) is 2.36. The topological polar surface area (TPSA) is 43.2 Å². The molecule has 3 rings (SSSR count). The van der Waals surface area contributed by atoms with E-state index in [0.29, 0.717) is 11.4 Å². The summed E-state index contributed by atoms with van der Waals surface area (Å²) in [5, 5.41) is 9.28. The Labute approximate surface area is 124 Å². The third-order valence-corrected chi connectivity index (χ3v) is 3.44. The number of hydrogen-bond acceptors (Lipinski definition) is 4. The molecule has 1 aromatic heterocycles. The fraction of sp³-hybridized carbons (Fsp3) is 0.176. The number of likely N-dealkylation sites (N-methyl/N-ethyl adjacent to an activating group) is 1. The van der Waals surface area contributed by atoms with E-state index in [1.165, 1.54) is 0 Å². The number of nitrogens with zero attached hydrogens (tertiary/aromatic N) is 4. The monoisotopic (exact) mass is 274 g/mol. The molecule has 21 heavy (non-hydrogen) atoms. The average Bonchev–Trinajstić information content (AvgIpc) is 2.55. The Morgan fingerprint density at radius 1 is 1.19 bits per heavy atom. The molecule has 1 aliphatic heterocycles. The molecule has 4 nitrogen and oxygen atoms in total. The predicted molar refractivity (Wildman–Crippen MR) is 81.0 cm³/mol. The van der Waals surface area contributed by atoms with E-state index in [4.69, 9.17) is 0 Å². The first-order valence-electron chi connectivity index (χ1n) is 6.71. The molecule has 4 heteroatoms. The summed E-state index contributed by atoms with van der Waals surface area (Å²) in [4.78, 5) is 8.21. The summed E-state index contributed by atoms with van der Waals surface area (Å²) in [6.07, 6.45) is 1.69. The highest BCUT2D eigenvalue weighted by Crippen LogP contribution is 2.29. The lowest BCUT2D eigenvalue weighted by Gasteiger charge is -2.33. The molecule has 0 bridgehead atoms. The Balaban J connectivity index is 2.08. The van der Waals surface area contributed by atoms with Crippen LogP contribution in [0.15, 0.2) is 48.7 Å². The van der Waals surface area contributed by atoms with Crippen LogP contribution < -0.4 is 4.90 Å². The molecule has 0 fully saturated rings. The van der Waals surface area contributed by atoms with Gasteiger partial charge in [0.05, 0.1) is 18.2 Å². The quantitative estimate of drug-likeness (QED) is 0.789. The SMILES string of the molecule is CN1C#CN(c2ncccc2C#N)C(c2ccccc2)C1. The van der Waals surface area contributed by atoms with Gasteiger partial charge in [-0.25, -0.2) is 4.98 Å². The molecule has 1 aromatic carbocycles. The van der Waals surface area contributed by atoms with Crippen LogP contribution in [0.2, 0.25) is 0 Å². The minimum Gasteiger partial charge on any atom is -0.332 e. The molecule has 0 spiro atoms. The highest BCUT2D eigenvalue weighted by molar-refractivity contribution is 5.59. The lowest BCUT2D eigenvalue weighted by molar-refractivity contribution is 0.419. The number of anilines is 1. The highest BCUT2D eigenvalue weighted by Gasteiger charge is 2.26. The zero-order valence-electron chi connectivity index (χ0n) is 11.7. The standard InChI is InChI=1S/C17H14N4/c1-20-10-11-21(17-15(12-18)8-5-9-19-17)16(13-20)14-6-3-2-4-7-14/h2-9,16H,13H2,1H3. The Morgan fingerprint density at radius 3 is 2.76 bits per heavy atom. The highest BCUT2D eigenvalue weighted by atomic mass is 15.3. The van der Waals surface area contributed by atoms with Gasteiger partial charge < -0.3 is 4.90 Å². The molecule has 1 unspecified atom stereocenters. The molecule has 2 heterocycles. The summed E-state index contributed by atoms with van der Waals surface area (Å²) in [5.41, 5.74) is 1.70. The van der Waals surface area contributed by atoms with Crippen LogP contribution in [0, 0.1) is 23.4 Å².